The zero-order valence-electron chi connectivity index (χ0n) is 10.1. The van der Waals surface area contributed by atoms with Crippen LogP contribution in [0.1, 0.15) is 17.4 Å². The maximum atomic E-state index is 11.8. The smallest absolute Gasteiger partial charge is 0.292 e. The van der Waals surface area contributed by atoms with E-state index in [9.17, 15) is 9.59 Å². The molecule has 2 rings (SSSR count). The van der Waals surface area contributed by atoms with Crippen molar-refractivity contribution in [1.82, 2.24) is 4.98 Å². The van der Waals surface area contributed by atoms with Gasteiger partial charge in [0.15, 0.2) is 5.69 Å². The highest BCUT2D eigenvalue weighted by Crippen LogP contribution is 2.16. The largest absolute Gasteiger partial charge is 0.431 e. The molecule has 1 heterocycles. The third-order valence-electron chi connectivity index (χ3n) is 2.20. The number of benzene rings is 1. The summed E-state index contributed by atoms with van der Waals surface area (Å²) in [4.78, 5) is 26.4. The maximum Gasteiger partial charge on any atom is 0.292 e. The number of aromatic nitrogens is 1. The Balaban J connectivity index is 2.10. The van der Waals surface area contributed by atoms with Gasteiger partial charge in [-0.3, -0.25) is 9.59 Å². The molecule has 0 saturated heterocycles. The van der Waals surface area contributed by atoms with Gasteiger partial charge in [-0.25, -0.2) is 0 Å². The first-order valence-electron chi connectivity index (χ1n) is 5.44. The van der Waals surface area contributed by atoms with Crippen LogP contribution in [0.25, 0.3) is 0 Å². The molecule has 2 aromatic rings. The number of oxazole rings is 1. The normalized spacial score (nSPS) is 9.95. The van der Waals surface area contributed by atoms with E-state index in [0.717, 1.165) is 0 Å². The fourth-order valence-corrected chi connectivity index (χ4v) is 1.46. The lowest BCUT2D eigenvalue weighted by Crippen LogP contribution is -2.13. The van der Waals surface area contributed by atoms with Crippen molar-refractivity contribution in [2.75, 3.05) is 16.4 Å². The van der Waals surface area contributed by atoms with Crippen LogP contribution < -0.4 is 16.4 Å². The van der Waals surface area contributed by atoms with Crippen LogP contribution in [0.5, 0.6) is 0 Å². The first kappa shape index (κ1) is 12.6. The summed E-state index contributed by atoms with van der Waals surface area (Å²) in [6.07, 6.45) is 1.17. The van der Waals surface area contributed by atoms with Gasteiger partial charge in [0.2, 0.25) is 5.91 Å². The quantitative estimate of drug-likeness (QED) is 0.773. The van der Waals surface area contributed by atoms with Gasteiger partial charge in [0, 0.05) is 18.3 Å². The van der Waals surface area contributed by atoms with Crippen LogP contribution in [0.15, 0.2) is 34.9 Å². The summed E-state index contributed by atoms with van der Waals surface area (Å²) in [6, 6.07) is 6.66. The number of nitrogens with zero attached hydrogens (tertiary/aromatic N) is 1. The van der Waals surface area contributed by atoms with E-state index >= 15 is 0 Å². The SMILES string of the molecule is CC(=O)Nc1cccc(NC(=O)c2coc(N)n2)c1. The lowest BCUT2D eigenvalue weighted by atomic mass is 10.2. The molecule has 0 aliphatic heterocycles. The predicted molar refractivity (Wildman–Crippen MR) is 69.6 cm³/mol. The number of hydrogen-bond acceptors (Lipinski definition) is 5. The summed E-state index contributed by atoms with van der Waals surface area (Å²) in [6.45, 7) is 1.41. The van der Waals surface area contributed by atoms with Crippen molar-refractivity contribution in [3.8, 4) is 0 Å². The Labute approximate surface area is 108 Å². The molecule has 0 aliphatic carbocycles. The number of hydrogen-bond donors (Lipinski definition) is 3. The number of carbonyl (C=O) groups is 2. The Morgan fingerprint density at radius 2 is 1.95 bits per heavy atom. The summed E-state index contributed by atoms with van der Waals surface area (Å²) in [5, 5.41) is 5.23. The van der Waals surface area contributed by atoms with E-state index in [1.54, 1.807) is 24.3 Å². The molecule has 2 amide bonds. The molecule has 4 N–H and O–H groups in total. The van der Waals surface area contributed by atoms with Crippen molar-refractivity contribution in [3.05, 3.63) is 36.2 Å². The van der Waals surface area contributed by atoms with Crippen molar-refractivity contribution >= 4 is 29.2 Å². The average Bonchev–Trinajstić information content (AvgIpc) is 2.75. The number of rotatable bonds is 3. The Kier molecular flexibility index (Phi) is 3.46. The number of nitrogens with one attached hydrogen (secondary N) is 2. The number of nitrogens with two attached hydrogens (primary N) is 1. The second kappa shape index (κ2) is 5.21. The minimum absolute atomic E-state index is 0.0721. The summed E-state index contributed by atoms with van der Waals surface area (Å²) < 4.78 is 4.75. The Morgan fingerprint density at radius 3 is 2.53 bits per heavy atom. The van der Waals surface area contributed by atoms with Gasteiger partial charge in [-0.2, -0.15) is 4.98 Å². The number of anilines is 3. The molecule has 0 fully saturated rings. The number of carbonyl (C=O) groups excluding carboxylic acids is 2. The zero-order chi connectivity index (χ0) is 13.8. The predicted octanol–water partition coefficient (Wildman–Crippen LogP) is 1.47. The highest BCUT2D eigenvalue weighted by Gasteiger charge is 2.11. The third kappa shape index (κ3) is 3.32. The minimum atomic E-state index is -0.444. The fourth-order valence-electron chi connectivity index (χ4n) is 1.46. The lowest BCUT2D eigenvalue weighted by Gasteiger charge is -2.06. The van der Waals surface area contributed by atoms with E-state index in [0.29, 0.717) is 11.4 Å². The molecule has 19 heavy (non-hydrogen) atoms. The Hall–Kier alpha value is -2.83. The van der Waals surface area contributed by atoms with Gasteiger partial charge in [0.1, 0.15) is 6.26 Å². The van der Waals surface area contributed by atoms with Gasteiger partial charge < -0.3 is 20.8 Å². The molecule has 0 spiro atoms. The monoisotopic (exact) mass is 260 g/mol. The first-order chi connectivity index (χ1) is 9.04. The van der Waals surface area contributed by atoms with Crippen LogP contribution in [-0.4, -0.2) is 16.8 Å². The van der Waals surface area contributed by atoms with Gasteiger partial charge in [-0.15, -0.1) is 0 Å². The maximum absolute atomic E-state index is 11.8. The van der Waals surface area contributed by atoms with E-state index in [4.69, 9.17) is 10.2 Å². The van der Waals surface area contributed by atoms with Gasteiger partial charge in [0.25, 0.3) is 11.9 Å². The van der Waals surface area contributed by atoms with Gasteiger partial charge in [0.05, 0.1) is 0 Å². The van der Waals surface area contributed by atoms with Crippen LogP contribution in [0, 0.1) is 0 Å². The van der Waals surface area contributed by atoms with Crippen LogP contribution in [0.3, 0.4) is 0 Å². The molecule has 0 unspecified atom stereocenters. The van der Waals surface area contributed by atoms with Crippen molar-refractivity contribution in [3.63, 3.8) is 0 Å². The van der Waals surface area contributed by atoms with Crippen LogP contribution in [0.4, 0.5) is 17.4 Å². The van der Waals surface area contributed by atoms with E-state index in [1.165, 1.54) is 13.2 Å². The van der Waals surface area contributed by atoms with Gasteiger partial charge >= 0.3 is 0 Å². The fraction of sp³-hybridized carbons (Fsp3) is 0.0833. The molecule has 7 nitrogen and oxygen atoms in total. The molecule has 7 heteroatoms. The second-order valence-corrected chi connectivity index (χ2v) is 3.79. The summed E-state index contributed by atoms with van der Waals surface area (Å²) in [5.41, 5.74) is 6.48. The highest BCUT2D eigenvalue weighted by atomic mass is 16.4. The summed E-state index contributed by atoms with van der Waals surface area (Å²) in [7, 11) is 0. The molecule has 1 aromatic heterocycles. The second-order valence-electron chi connectivity index (χ2n) is 3.79. The Bertz CT molecular complexity index is 621. The van der Waals surface area contributed by atoms with Gasteiger partial charge in [-0.05, 0) is 18.2 Å². The average molecular weight is 260 g/mol. The summed E-state index contributed by atoms with van der Waals surface area (Å²) in [5.74, 6) is -0.631. The van der Waals surface area contributed by atoms with Crippen LogP contribution >= 0.6 is 0 Å². The van der Waals surface area contributed by atoms with Crippen LogP contribution in [0.2, 0.25) is 0 Å². The lowest BCUT2D eigenvalue weighted by molar-refractivity contribution is -0.114. The standard InChI is InChI=1S/C12H12N4O3/c1-7(17)14-8-3-2-4-9(5-8)15-11(18)10-6-19-12(13)16-10/h2-6H,1H3,(H2,13,16)(H,14,17)(H,15,18). The highest BCUT2D eigenvalue weighted by molar-refractivity contribution is 6.03. The van der Waals surface area contributed by atoms with Crippen molar-refractivity contribution in [1.29, 1.82) is 0 Å². The molecular weight excluding hydrogens is 248 g/mol. The molecule has 0 radical (unpaired) electrons. The van der Waals surface area contributed by atoms with E-state index in [-0.39, 0.29) is 17.6 Å². The molecule has 0 saturated carbocycles. The minimum Gasteiger partial charge on any atom is -0.431 e. The van der Waals surface area contributed by atoms with Crippen molar-refractivity contribution in [2.45, 2.75) is 6.92 Å². The molecule has 0 aliphatic rings. The van der Waals surface area contributed by atoms with E-state index < -0.39 is 5.91 Å². The zero-order valence-corrected chi connectivity index (χ0v) is 10.1. The molecular formula is C12H12N4O3. The Morgan fingerprint density at radius 1 is 1.26 bits per heavy atom. The van der Waals surface area contributed by atoms with E-state index in [2.05, 4.69) is 15.6 Å². The van der Waals surface area contributed by atoms with Crippen molar-refractivity contribution < 1.29 is 14.0 Å². The first-order valence-corrected chi connectivity index (χ1v) is 5.44. The topological polar surface area (TPSA) is 110 Å². The molecule has 0 bridgehead atoms. The molecule has 1 aromatic carbocycles. The number of amides is 2. The van der Waals surface area contributed by atoms with Crippen molar-refractivity contribution in [2.24, 2.45) is 0 Å². The molecule has 0 atom stereocenters. The summed E-state index contributed by atoms with van der Waals surface area (Å²) >= 11 is 0. The van der Waals surface area contributed by atoms with Crippen LogP contribution in [-0.2, 0) is 4.79 Å². The van der Waals surface area contributed by atoms with E-state index in [1.807, 2.05) is 0 Å². The van der Waals surface area contributed by atoms with Gasteiger partial charge in [-0.1, -0.05) is 6.07 Å². The number of nitrogen functional groups attached to an aromatic ring is 1. The molecule has 98 valence electrons. The third-order valence-corrected chi connectivity index (χ3v) is 2.20.